The number of aliphatic carboxylic acids is 1. The number of nitrogens with one attached hydrogen (secondary N) is 1. The van der Waals surface area contributed by atoms with Gasteiger partial charge in [0.25, 0.3) is 0 Å². The molecule has 9 heteroatoms. The summed E-state index contributed by atoms with van der Waals surface area (Å²) in [7, 11) is 0. The molecule has 0 radical (unpaired) electrons. The molecule has 3 aromatic rings. The summed E-state index contributed by atoms with van der Waals surface area (Å²) in [5, 5.41) is 11.6. The summed E-state index contributed by atoms with van der Waals surface area (Å²) in [4.78, 5) is 22.3. The molecule has 0 aliphatic heterocycles. The lowest BCUT2D eigenvalue weighted by atomic mass is 10.0. The van der Waals surface area contributed by atoms with Crippen molar-refractivity contribution in [2.75, 3.05) is 5.32 Å². The average Bonchev–Trinajstić information content (AvgIpc) is 2.66. The van der Waals surface area contributed by atoms with Gasteiger partial charge in [0.1, 0.15) is 5.69 Å². The SMILES string of the molecule is Cc1cc(Nc2nccc(C(F)(F)F)n2)cc(-c2cncc(CCC(=O)O)c2)c1. The lowest BCUT2D eigenvalue weighted by Crippen LogP contribution is -2.10. The van der Waals surface area contributed by atoms with Gasteiger partial charge >= 0.3 is 12.1 Å². The van der Waals surface area contributed by atoms with Gasteiger partial charge in [0, 0.05) is 36.3 Å². The van der Waals surface area contributed by atoms with Crippen molar-refractivity contribution >= 4 is 17.6 Å². The third-order valence-corrected chi connectivity index (χ3v) is 4.04. The van der Waals surface area contributed by atoms with Crippen LogP contribution < -0.4 is 5.32 Å². The van der Waals surface area contributed by atoms with Gasteiger partial charge in [-0.3, -0.25) is 9.78 Å². The van der Waals surface area contributed by atoms with Gasteiger partial charge < -0.3 is 10.4 Å². The van der Waals surface area contributed by atoms with Crippen molar-refractivity contribution in [2.45, 2.75) is 25.9 Å². The zero-order chi connectivity index (χ0) is 21.0. The van der Waals surface area contributed by atoms with Crippen LogP contribution in [0.15, 0.2) is 48.9 Å². The van der Waals surface area contributed by atoms with Crippen molar-refractivity contribution in [3.63, 3.8) is 0 Å². The average molecular weight is 402 g/mol. The highest BCUT2D eigenvalue weighted by molar-refractivity contribution is 5.71. The standard InChI is InChI=1S/C20H17F3N4O2/c1-12-6-14(15-8-13(10-24-11-15)2-3-18(28)29)9-16(7-12)26-19-25-5-4-17(27-19)20(21,22)23/h4-11H,2-3H2,1H3,(H,28,29)(H,25,26,27). The van der Waals surface area contributed by atoms with Gasteiger partial charge in [-0.25, -0.2) is 9.97 Å². The number of carboxylic acids is 1. The van der Waals surface area contributed by atoms with Crippen LogP contribution in [-0.2, 0) is 17.4 Å². The number of nitrogens with zero attached hydrogens (tertiary/aromatic N) is 3. The number of carbonyl (C=O) groups is 1. The normalized spacial score (nSPS) is 11.3. The molecule has 0 atom stereocenters. The number of aromatic nitrogens is 3. The fraction of sp³-hybridized carbons (Fsp3) is 0.200. The summed E-state index contributed by atoms with van der Waals surface area (Å²) >= 11 is 0. The minimum absolute atomic E-state index is 0.00135. The molecule has 2 N–H and O–H groups in total. The number of halogens is 3. The summed E-state index contributed by atoms with van der Waals surface area (Å²) in [6.45, 7) is 1.85. The van der Waals surface area contributed by atoms with Crippen molar-refractivity contribution in [2.24, 2.45) is 0 Å². The van der Waals surface area contributed by atoms with Crippen LogP contribution in [0.2, 0.25) is 0 Å². The topological polar surface area (TPSA) is 88.0 Å². The molecule has 2 aromatic heterocycles. The Bertz CT molecular complexity index is 1040. The predicted molar refractivity (Wildman–Crippen MR) is 101 cm³/mol. The molecule has 0 spiro atoms. The first kappa shape index (κ1) is 20.2. The number of alkyl halides is 3. The third kappa shape index (κ3) is 5.50. The molecule has 0 saturated carbocycles. The number of aryl methyl sites for hydroxylation is 2. The second-order valence-corrected chi connectivity index (χ2v) is 6.45. The third-order valence-electron chi connectivity index (χ3n) is 4.04. The summed E-state index contributed by atoms with van der Waals surface area (Å²) in [5.41, 5.74) is 2.69. The van der Waals surface area contributed by atoms with Crippen LogP contribution in [0.1, 0.15) is 23.2 Å². The van der Waals surface area contributed by atoms with Crippen LogP contribution in [0.5, 0.6) is 0 Å². The molecule has 6 nitrogen and oxygen atoms in total. The van der Waals surface area contributed by atoms with Crippen molar-refractivity contribution < 1.29 is 23.1 Å². The first-order chi connectivity index (χ1) is 13.7. The summed E-state index contributed by atoms with van der Waals surface area (Å²) in [5.74, 6) is -1.05. The Labute approximate surface area is 164 Å². The number of carboxylic acid groups (broad SMARTS) is 1. The zero-order valence-corrected chi connectivity index (χ0v) is 15.4. The minimum atomic E-state index is -4.56. The number of anilines is 2. The molecule has 0 fully saturated rings. The molecular weight excluding hydrogens is 385 g/mol. The second kappa shape index (κ2) is 8.26. The fourth-order valence-corrected chi connectivity index (χ4v) is 2.76. The van der Waals surface area contributed by atoms with Crippen LogP contribution in [0, 0.1) is 6.92 Å². The number of hydrogen-bond acceptors (Lipinski definition) is 5. The van der Waals surface area contributed by atoms with E-state index in [4.69, 9.17) is 5.11 Å². The van der Waals surface area contributed by atoms with Gasteiger partial charge in [0.2, 0.25) is 5.95 Å². The molecule has 0 unspecified atom stereocenters. The molecular formula is C20H17F3N4O2. The Morgan fingerprint density at radius 3 is 2.66 bits per heavy atom. The van der Waals surface area contributed by atoms with E-state index in [1.807, 2.05) is 19.1 Å². The Morgan fingerprint density at radius 1 is 1.14 bits per heavy atom. The maximum absolute atomic E-state index is 12.8. The highest BCUT2D eigenvalue weighted by Gasteiger charge is 2.32. The summed E-state index contributed by atoms with van der Waals surface area (Å²) < 4.78 is 38.5. The molecule has 0 saturated heterocycles. The Kier molecular flexibility index (Phi) is 5.76. The van der Waals surface area contributed by atoms with Crippen molar-refractivity contribution in [3.8, 4) is 11.1 Å². The van der Waals surface area contributed by atoms with Crippen molar-refractivity contribution in [1.29, 1.82) is 0 Å². The van der Waals surface area contributed by atoms with Gasteiger partial charge in [-0.05, 0) is 54.3 Å². The maximum atomic E-state index is 12.8. The van der Waals surface area contributed by atoms with E-state index in [-0.39, 0.29) is 12.4 Å². The van der Waals surface area contributed by atoms with E-state index in [0.717, 1.165) is 34.5 Å². The van der Waals surface area contributed by atoms with E-state index in [2.05, 4.69) is 20.3 Å². The molecule has 3 rings (SSSR count). The first-order valence-electron chi connectivity index (χ1n) is 8.66. The Balaban J connectivity index is 1.87. The van der Waals surface area contributed by atoms with E-state index in [0.29, 0.717) is 12.1 Å². The number of hydrogen-bond donors (Lipinski definition) is 2. The monoisotopic (exact) mass is 402 g/mol. The molecule has 2 heterocycles. The van der Waals surface area contributed by atoms with Crippen LogP contribution in [0.3, 0.4) is 0 Å². The highest BCUT2D eigenvalue weighted by Crippen LogP contribution is 2.29. The molecule has 0 bridgehead atoms. The Morgan fingerprint density at radius 2 is 1.93 bits per heavy atom. The van der Waals surface area contributed by atoms with Crippen molar-refractivity contribution in [3.05, 3.63) is 65.7 Å². The highest BCUT2D eigenvalue weighted by atomic mass is 19.4. The first-order valence-corrected chi connectivity index (χ1v) is 8.66. The number of benzene rings is 1. The van der Waals surface area contributed by atoms with E-state index in [1.165, 1.54) is 0 Å². The Hall–Kier alpha value is -3.49. The van der Waals surface area contributed by atoms with Gasteiger partial charge in [-0.2, -0.15) is 13.2 Å². The summed E-state index contributed by atoms with van der Waals surface area (Å²) in [6.07, 6.45) is 0.0924. The van der Waals surface area contributed by atoms with Gasteiger partial charge in [-0.15, -0.1) is 0 Å². The summed E-state index contributed by atoms with van der Waals surface area (Å²) in [6, 6.07) is 8.05. The smallest absolute Gasteiger partial charge is 0.433 e. The quantitative estimate of drug-likeness (QED) is 0.625. The maximum Gasteiger partial charge on any atom is 0.433 e. The van der Waals surface area contributed by atoms with E-state index < -0.39 is 17.8 Å². The predicted octanol–water partition coefficient (Wildman–Crippen LogP) is 4.63. The van der Waals surface area contributed by atoms with E-state index in [1.54, 1.807) is 24.5 Å². The van der Waals surface area contributed by atoms with Gasteiger partial charge in [0.15, 0.2) is 0 Å². The number of rotatable bonds is 6. The zero-order valence-electron chi connectivity index (χ0n) is 15.4. The lowest BCUT2D eigenvalue weighted by molar-refractivity contribution is -0.141. The minimum Gasteiger partial charge on any atom is -0.481 e. The van der Waals surface area contributed by atoms with Crippen LogP contribution in [0.4, 0.5) is 24.8 Å². The fourth-order valence-electron chi connectivity index (χ4n) is 2.76. The lowest BCUT2D eigenvalue weighted by Gasteiger charge is -2.11. The van der Waals surface area contributed by atoms with Gasteiger partial charge in [0.05, 0.1) is 0 Å². The van der Waals surface area contributed by atoms with E-state index >= 15 is 0 Å². The number of pyridine rings is 1. The largest absolute Gasteiger partial charge is 0.481 e. The molecule has 0 amide bonds. The van der Waals surface area contributed by atoms with Crippen molar-refractivity contribution in [1.82, 2.24) is 15.0 Å². The van der Waals surface area contributed by atoms with Crippen LogP contribution >= 0.6 is 0 Å². The molecule has 150 valence electrons. The molecule has 29 heavy (non-hydrogen) atoms. The second-order valence-electron chi connectivity index (χ2n) is 6.45. The van der Waals surface area contributed by atoms with Gasteiger partial charge in [-0.1, -0.05) is 6.07 Å². The molecule has 0 aliphatic rings. The molecule has 0 aliphatic carbocycles. The van der Waals surface area contributed by atoms with Crippen LogP contribution in [-0.4, -0.2) is 26.0 Å². The van der Waals surface area contributed by atoms with Crippen LogP contribution in [0.25, 0.3) is 11.1 Å². The van der Waals surface area contributed by atoms with E-state index in [9.17, 15) is 18.0 Å². The molecule has 1 aromatic carbocycles.